The van der Waals surface area contributed by atoms with Crippen molar-refractivity contribution in [3.8, 4) is 0 Å². The van der Waals surface area contributed by atoms with Crippen LogP contribution in [0, 0.1) is 0 Å². The zero-order chi connectivity index (χ0) is 14.5. The summed E-state index contributed by atoms with van der Waals surface area (Å²) in [5.41, 5.74) is 3.10. The van der Waals surface area contributed by atoms with Crippen LogP contribution in [-0.4, -0.2) is 5.11 Å². The van der Waals surface area contributed by atoms with Crippen molar-refractivity contribution in [2.45, 2.75) is 13.3 Å². The second-order valence-electron chi connectivity index (χ2n) is 4.22. The van der Waals surface area contributed by atoms with Crippen molar-refractivity contribution in [3.05, 3.63) is 57.5 Å². The van der Waals surface area contributed by atoms with Crippen molar-refractivity contribution < 1.29 is 0 Å². The van der Waals surface area contributed by atoms with Gasteiger partial charge in [0.2, 0.25) is 0 Å². The highest BCUT2D eigenvalue weighted by molar-refractivity contribution is 9.10. The standard InChI is InChI=1S/C15H14BrClN2S/c1-2-10-5-3-4-6-14(10)19-15(20)18-11-7-8-12(16)13(17)9-11/h3-9H,2H2,1H3,(H2,18,19,20). The summed E-state index contributed by atoms with van der Waals surface area (Å²) in [6.07, 6.45) is 0.954. The number of anilines is 2. The molecule has 0 aliphatic heterocycles. The summed E-state index contributed by atoms with van der Waals surface area (Å²) < 4.78 is 0.861. The van der Waals surface area contributed by atoms with Gasteiger partial charge in [0.1, 0.15) is 0 Å². The molecule has 0 atom stereocenters. The van der Waals surface area contributed by atoms with E-state index in [1.54, 1.807) is 0 Å². The Morgan fingerprint density at radius 3 is 2.65 bits per heavy atom. The second kappa shape index (κ2) is 7.07. The molecule has 0 heterocycles. The van der Waals surface area contributed by atoms with Crippen LogP contribution in [0.1, 0.15) is 12.5 Å². The van der Waals surface area contributed by atoms with Gasteiger partial charge in [-0.1, -0.05) is 36.7 Å². The van der Waals surface area contributed by atoms with Crippen molar-refractivity contribution in [1.82, 2.24) is 0 Å². The molecule has 20 heavy (non-hydrogen) atoms. The van der Waals surface area contributed by atoms with Gasteiger partial charge in [0.25, 0.3) is 0 Å². The van der Waals surface area contributed by atoms with E-state index in [0.29, 0.717) is 10.1 Å². The number of halogens is 2. The van der Waals surface area contributed by atoms with Gasteiger partial charge in [0, 0.05) is 15.8 Å². The van der Waals surface area contributed by atoms with E-state index in [0.717, 1.165) is 22.3 Å². The maximum atomic E-state index is 6.05. The number of rotatable bonds is 3. The van der Waals surface area contributed by atoms with E-state index < -0.39 is 0 Å². The Bertz CT molecular complexity index is 631. The number of hydrogen-bond donors (Lipinski definition) is 2. The van der Waals surface area contributed by atoms with E-state index in [4.69, 9.17) is 23.8 Å². The van der Waals surface area contributed by atoms with Crippen LogP contribution in [0.3, 0.4) is 0 Å². The zero-order valence-corrected chi connectivity index (χ0v) is 14.1. The summed E-state index contributed by atoms with van der Waals surface area (Å²) >= 11 is 14.7. The lowest BCUT2D eigenvalue weighted by Gasteiger charge is -2.13. The van der Waals surface area contributed by atoms with Gasteiger partial charge in [-0.2, -0.15) is 0 Å². The van der Waals surface area contributed by atoms with Gasteiger partial charge >= 0.3 is 0 Å². The number of nitrogens with one attached hydrogen (secondary N) is 2. The molecule has 0 saturated heterocycles. The Balaban J connectivity index is 2.07. The molecule has 2 rings (SSSR count). The van der Waals surface area contributed by atoms with E-state index >= 15 is 0 Å². The number of aryl methyl sites for hydroxylation is 1. The summed E-state index contributed by atoms with van der Waals surface area (Å²) in [7, 11) is 0. The Kier molecular flexibility index (Phi) is 5.40. The largest absolute Gasteiger partial charge is 0.332 e. The first kappa shape index (κ1) is 15.3. The average molecular weight is 370 g/mol. The number of benzene rings is 2. The van der Waals surface area contributed by atoms with E-state index in [1.807, 2.05) is 36.4 Å². The first-order valence-electron chi connectivity index (χ1n) is 6.21. The van der Waals surface area contributed by atoms with Crippen LogP contribution in [0.15, 0.2) is 46.9 Å². The molecular weight excluding hydrogens is 356 g/mol. The fourth-order valence-corrected chi connectivity index (χ4v) is 2.46. The molecule has 0 aliphatic carbocycles. The Labute approximate surface area is 137 Å². The fraction of sp³-hybridized carbons (Fsp3) is 0.133. The summed E-state index contributed by atoms with van der Waals surface area (Å²) in [5, 5.41) is 7.53. The highest BCUT2D eigenvalue weighted by Gasteiger charge is 2.04. The molecule has 2 aromatic rings. The van der Waals surface area contributed by atoms with E-state index in [-0.39, 0.29) is 0 Å². The normalized spacial score (nSPS) is 10.2. The molecule has 0 saturated carbocycles. The van der Waals surface area contributed by atoms with Gasteiger partial charge in [-0.25, -0.2) is 0 Å². The number of hydrogen-bond acceptors (Lipinski definition) is 1. The quantitative estimate of drug-likeness (QED) is 0.701. The highest BCUT2D eigenvalue weighted by atomic mass is 79.9. The lowest BCUT2D eigenvalue weighted by Crippen LogP contribution is -2.19. The predicted octanol–water partition coefficient (Wildman–Crippen LogP) is 5.47. The van der Waals surface area contributed by atoms with Gasteiger partial charge in [-0.15, -0.1) is 0 Å². The molecule has 2 N–H and O–H groups in total. The zero-order valence-electron chi connectivity index (χ0n) is 10.9. The topological polar surface area (TPSA) is 24.1 Å². The van der Waals surface area contributed by atoms with Gasteiger partial charge in [-0.05, 0) is 64.4 Å². The summed E-state index contributed by atoms with van der Waals surface area (Å²) in [6.45, 7) is 2.12. The summed E-state index contributed by atoms with van der Waals surface area (Å²) in [5.74, 6) is 0. The van der Waals surface area contributed by atoms with Crippen molar-refractivity contribution in [3.63, 3.8) is 0 Å². The van der Waals surface area contributed by atoms with Crippen LogP contribution in [0.5, 0.6) is 0 Å². The maximum absolute atomic E-state index is 6.05. The van der Waals surface area contributed by atoms with Gasteiger partial charge in [0.05, 0.1) is 5.02 Å². The first-order chi connectivity index (χ1) is 9.60. The fourth-order valence-electron chi connectivity index (χ4n) is 1.81. The monoisotopic (exact) mass is 368 g/mol. The second-order valence-corrected chi connectivity index (χ2v) is 5.89. The van der Waals surface area contributed by atoms with Crippen LogP contribution >= 0.6 is 39.7 Å². The third kappa shape index (κ3) is 3.95. The molecule has 5 heteroatoms. The van der Waals surface area contributed by atoms with E-state index in [1.165, 1.54) is 5.56 Å². The molecule has 2 aromatic carbocycles. The molecule has 2 nitrogen and oxygen atoms in total. The molecule has 104 valence electrons. The smallest absolute Gasteiger partial charge is 0.175 e. The van der Waals surface area contributed by atoms with E-state index in [2.05, 4.69) is 39.6 Å². The minimum atomic E-state index is 0.546. The minimum Gasteiger partial charge on any atom is -0.332 e. The molecule has 0 amide bonds. The molecule has 0 fully saturated rings. The number of thiocarbonyl (C=S) groups is 1. The van der Waals surface area contributed by atoms with Crippen LogP contribution in [0.25, 0.3) is 0 Å². The van der Waals surface area contributed by atoms with Gasteiger partial charge in [-0.3, -0.25) is 0 Å². The van der Waals surface area contributed by atoms with Gasteiger partial charge in [0.15, 0.2) is 5.11 Å². The molecule has 0 bridgehead atoms. The summed E-state index contributed by atoms with van der Waals surface area (Å²) in [4.78, 5) is 0. The first-order valence-corrected chi connectivity index (χ1v) is 7.79. The van der Waals surface area contributed by atoms with Crippen molar-refractivity contribution >= 4 is 56.2 Å². The van der Waals surface area contributed by atoms with Crippen LogP contribution in [0.2, 0.25) is 5.02 Å². The molecule has 0 spiro atoms. The third-order valence-electron chi connectivity index (χ3n) is 2.82. The lowest BCUT2D eigenvalue weighted by molar-refractivity contribution is 1.14. The molecule has 0 aliphatic rings. The van der Waals surface area contributed by atoms with Crippen molar-refractivity contribution in [2.75, 3.05) is 10.6 Å². The van der Waals surface area contributed by atoms with Crippen LogP contribution in [0.4, 0.5) is 11.4 Å². The highest BCUT2D eigenvalue weighted by Crippen LogP contribution is 2.25. The van der Waals surface area contributed by atoms with Crippen molar-refractivity contribution in [2.24, 2.45) is 0 Å². The number of para-hydroxylation sites is 1. The Morgan fingerprint density at radius 1 is 1.20 bits per heavy atom. The predicted molar refractivity (Wildman–Crippen MR) is 94.8 cm³/mol. The van der Waals surface area contributed by atoms with E-state index in [9.17, 15) is 0 Å². The van der Waals surface area contributed by atoms with Crippen molar-refractivity contribution in [1.29, 1.82) is 0 Å². The summed E-state index contributed by atoms with van der Waals surface area (Å²) in [6, 6.07) is 13.7. The Morgan fingerprint density at radius 2 is 1.95 bits per heavy atom. The van der Waals surface area contributed by atoms with Crippen LogP contribution < -0.4 is 10.6 Å². The average Bonchev–Trinajstić information content (AvgIpc) is 2.43. The van der Waals surface area contributed by atoms with Gasteiger partial charge < -0.3 is 10.6 Å². The third-order valence-corrected chi connectivity index (χ3v) is 4.26. The molecule has 0 aromatic heterocycles. The maximum Gasteiger partial charge on any atom is 0.175 e. The SMILES string of the molecule is CCc1ccccc1NC(=S)Nc1ccc(Br)c(Cl)c1. The van der Waals surface area contributed by atoms with Crippen LogP contribution in [-0.2, 0) is 6.42 Å². The molecule has 0 unspecified atom stereocenters. The Hall–Kier alpha value is -1.10. The molecule has 0 radical (unpaired) electrons. The minimum absolute atomic E-state index is 0.546. The lowest BCUT2D eigenvalue weighted by atomic mass is 10.1. The molecular formula is C15H14BrClN2S.